The van der Waals surface area contributed by atoms with Crippen molar-refractivity contribution in [3.05, 3.63) is 66.9 Å². The van der Waals surface area contributed by atoms with Crippen LogP contribution in [-0.4, -0.2) is 49.7 Å². The van der Waals surface area contributed by atoms with Crippen LogP contribution in [0.4, 0.5) is 6.01 Å². The minimum Gasteiger partial charge on any atom is -0.495 e. The van der Waals surface area contributed by atoms with Crippen molar-refractivity contribution in [2.75, 3.05) is 25.1 Å². The third-order valence-corrected chi connectivity index (χ3v) is 6.62. The Morgan fingerprint density at radius 3 is 2.71 bits per heavy atom. The van der Waals surface area contributed by atoms with Gasteiger partial charge in [0.1, 0.15) is 17.0 Å². The first-order valence-corrected chi connectivity index (χ1v) is 11.9. The first kappa shape index (κ1) is 21.4. The van der Waals surface area contributed by atoms with Crippen LogP contribution in [0.3, 0.4) is 0 Å². The Morgan fingerprint density at radius 1 is 1.09 bits per heavy atom. The van der Waals surface area contributed by atoms with Gasteiger partial charge in [0, 0.05) is 31.4 Å². The quantitative estimate of drug-likeness (QED) is 0.362. The van der Waals surface area contributed by atoms with Gasteiger partial charge in [0.15, 0.2) is 5.58 Å². The lowest BCUT2D eigenvalue weighted by molar-refractivity contribution is 0.331. The van der Waals surface area contributed by atoms with Crippen LogP contribution in [0.15, 0.2) is 65.6 Å². The maximum absolute atomic E-state index is 5.94. The minimum absolute atomic E-state index is 0.534. The highest BCUT2D eigenvalue weighted by Gasteiger charge is 2.23. The molecule has 4 heterocycles. The molecule has 35 heavy (non-hydrogen) atoms. The molecular formula is C26H27N7O2. The highest BCUT2D eigenvalue weighted by Crippen LogP contribution is 2.30. The van der Waals surface area contributed by atoms with E-state index in [0.29, 0.717) is 5.92 Å². The van der Waals surface area contributed by atoms with Crippen LogP contribution in [-0.2, 0) is 6.54 Å². The smallest absolute Gasteiger partial charge is 0.298 e. The lowest BCUT2D eigenvalue weighted by Gasteiger charge is -2.30. The number of rotatable bonds is 6. The Bertz CT molecular complexity index is 1430. The van der Waals surface area contributed by atoms with Crippen molar-refractivity contribution in [3.63, 3.8) is 0 Å². The zero-order chi connectivity index (χ0) is 23.8. The van der Waals surface area contributed by atoms with E-state index in [1.165, 1.54) is 0 Å². The number of nitrogens with zero attached hydrogens (tertiary/aromatic N) is 7. The number of imidazole rings is 1. The Kier molecular flexibility index (Phi) is 5.44. The van der Waals surface area contributed by atoms with E-state index in [9.17, 15) is 0 Å². The third kappa shape index (κ3) is 4.25. The number of piperidine rings is 1. The molecule has 1 aliphatic rings. The average Bonchev–Trinajstić information content (AvgIpc) is 3.64. The maximum Gasteiger partial charge on any atom is 0.298 e. The summed E-state index contributed by atoms with van der Waals surface area (Å²) in [6.07, 6.45) is 7.90. The molecule has 1 saturated heterocycles. The zero-order valence-electron chi connectivity index (χ0n) is 19.8. The molecule has 9 heteroatoms. The molecule has 0 N–H and O–H groups in total. The second kappa shape index (κ2) is 8.90. The third-order valence-electron chi connectivity index (χ3n) is 6.62. The van der Waals surface area contributed by atoms with Gasteiger partial charge in [0.05, 0.1) is 31.0 Å². The summed E-state index contributed by atoms with van der Waals surface area (Å²) in [5.41, 5.74) is 5.45. The fraction of sp³-hybridized carbons (Fsp3) is 0.308. The summed E-state index contributed by atoms with van der Waals surface area (Å²) in [4.78, 5) is 11.2. The number of benzene rings is 2. The monoisotopic (exact) mass is 469 g/mol. The van der Waals surface area contributed by atoms with E-state index < -0.39 is 0 Å². The van der Waals surface area contributed by atoms with Crippen molar-refractivity contribution >= 4 is 17.1 Å². The van der Waals surface area contributed by atoms with Crippen LogP contribution < -0.4 is 9.64 Å². The van der Waals surface area contributed by atoms with Crippen LogP contribution >= 0.6 is 0 Å². The van der Waals surface area contributed by atoms with Crippen molar-refractivity contribution in [2.24, 2.45) is 5.92 Å². The highest BCUT2D eigenvalue weighted by molar-refractivity contribution is 5.74. The van der Waals surface area contributed by atoms with Crippen LogP contribution in [0, 0.1) is 12.8 Å². The molecule has 0 radical (unpaired) electrons. The van der Waals surface area contributed by atoms with Gasteiger partial charge in [-0.2, -0.15) is 4.98 Å². The van der Waals surface area contributed by atoms with E-state index in [4.69, 9.17) is 9.15 Å². The molecule has 1 fully saturated rings. The van der Waals surface area contributed by atoms with Crippen molar-refractivity contribution in [1.82, 2.24) is 29.5 Å². The van der Waals surface area contributed by atoms with Crippen molar-refractivity contribution in [3.8, 4) is 22.7 Å². The summed E-state index contributed by atoms with van der Waals surface area (Å²) >= 11 is 0. The summed E-state index contributed by atoms with van der Waals surface area (Å²) in [6.45, 7) is 4.66. The largest absolute Gasteiger partial charge is 0.495 e. The van der Waals surface area contributed by atoms with Gasteiger partial charge in [0.2, 0.25) is 0 Å². The number of methoxy groups -OCH3 is 1. The molecular weight excluding hydrogens is 442 g/mol. The van der Waals surface area contributed by atoms with Crippen LogP contribution in [0.25, 0.3) is 28.0 Å². The van der Waals surface area contributed by atoms with Gasteiger partial charge in [-0.05, 0) is 49.9 Å². The van der Waals surface area contributed by atoms with Gasteiger partial charge >= 0.3 is 0 Å². The molecule has 1 aliphatic heterocycles. The average molecular weight is 470 g/mol. The molecule has 0 atom stereocenters. The van der Waals surface area contributed by atoms with E-state index in [2.05, 4.69) is 25.2 Å². The molecule has 0 aliphatic carbocycles. The Labute approximate surface area is 203 Å². The normalized spacial score (nSPS) is 14.6. The number of hydrogen-bond acceptors (Lipinski definition) is 7. The van der Waals surface area contributed by atoms with E-state index in [1.54, 1.807) is 13.4 Å². The molecule has 2 aromatic carbocycles. The van der Waals surface area contributed by atoms with E-state index in [1.807, 2.05) is 71.0 Å². The van der Waals surface area contributed by atoms with Gasteiger partial charge in [-0.15, -0.1) is 5.10 Å². The molecule has 3 aromatic heterocycles. The minimum atomic E-state index is 0.534. The maximum atomic E-state index is 5.94. The molecule has 9 nitrogen and oxygen atoms in total. The van der Waals surface area contributed by atoms with Gasteiger partial charge in [-0.25, -0.2) is 4.98 Å². The number of anilines is 1. The van der Waals surface area contributed by atoms with E-state index in [-0.39, 0.29) is 0 Å². The van der Waals surface area contributed by atoms with Crippen molar-refractivity contribution < 1.29 is 9.15 Å². The number of para-hydroxylation sites is 2. The van der Waals surface area contributed by atoms with Crippen LogP contribution in [0.2, 0.25) is 0 Å². The summed E-state index contributed by atoms with van der Waals surface area (Å²) in [5, 5.41) is 8.82. The highest BCUT2D eigenvalue weighted by atomic mass is 16.5. The van der Waals surface area contributed by atoms with Crippen LogP contribution in [0.5, 0.6) is 5.75 Å². The SMILES string of the molecule is COc1cc(-c2cn(CC3CCN(c4nc5ccccc5o4)CC3)nn2)ccc1-n1cnc(C)c1. The van der Waals surface area contributed by atoms with Crippen molar-refractivity contribution in [2.45, 2.75) is 26.3 Å². The molecule has 0 bridgehead atoms. The topological polar surface area (TPSA) is 87.0 Å². The Balaban J connectivity index is 1.11. The fourth-order valence-electron chi connectivity index (χ4n) is 4.69. The lowest BCUT2D eigenvalue weighted by Crippen LogP contribution is -2.35. The second-order valence-electron chi connectivity index (χ2n) is 9.03. The number of aromatic nitrogens is 6. The van der Waals surface area contributed by atoms with Crippen molar-refractivity contribution in [1.29, 1.82) is 0 Å². The molecule has 0 spiro atoms. The van der Waals surface area contributed by atoms with Crippen LogP contribution in [0.1, 0.15) is 18.5 Å². The number of aryl methyl sites for hydroxylation is 1. The zero-order valence-corrected chi connectivity index (χ0v) is 19.8. The van der Waals surface area contributed by atoms with Gasteiger partial charge in [-0.1, -0.05) is 23.4 Å². The Morgan fingerprint density at radius 2 is 1.94 bits per heavy atom. The number of hydrogen-bond donors (Lipinski definition) is 0. The molecule has 5 aromatic rings. The number of oxazole rings is 1. The standard InChI is InChI=1S/C26H27N7O2/c1-18-14-32(17-27-18)23-8-7-20(13-25(23)34-2)22-16-33(30-29-22)15-19-9-11-31(12-10-19)26-28-21-5-3-4-6-24(21)35-26/h3-8,13-14,16-17,19H,9-12,15H2,1-2H3. The van der Waals surface area contributed by atoms with Gasteiger partial charge in [-0.3, -0.25) is 4.68 Å². The molecule has 0 saturated carbocycles. The second-order valence-corrected chi connectivity index (χ2v) is 9.03. The van der Waals surface area contributed by atoms with Gasteiger partial charge < -0.3 is 18.6 Å². The predicted molar refractivity (Wildman–Crippen MR) is 133 cm³/mol. The molecule has 0 amide bonds. The van der Waals surface area contributed by atoms with Gasteiger partial charge in [0.25, 0.3) is 6.01 Å². The number of fused-ring (bicyclic) bond motifs is 1. The first-order valence-electron chi connectivity index (χ1n) is 11.9. The summed E-state index contributed by atoms with van der Waals surface area (Å²) in [7, 11) is 1.68. The molecule has 0 unspecified atom stereocenters. The molecule has 178 valence electrons. The fourth-order valence-corrected chi connectivity index (χ4v) is 4.69. The molecule has 6 rings (SSSR count). The summed E-state index contributed by atoms with van der Waals surface area (Å²) in [6, 6.07) is 14.7. The van der Waals surface area contributed by atoms with E-state index in [0.717, 1.165) is 78.0 Å². The number of ether oxygens (including phenoxy) is 1. The lowest BCUT2D eigenvalue weighted by atomic mass is 9.97. The Hall–Kier alpha value is -4.14. The first-order chi connectivity index (χ1) is 17.2. The summed E-state index contributed by atoms with van der Waals surface area (Å²) < 4.78 is 15.5. The van der Waals surface area contributed by atoms with E-state index >= 15 is 0 Å². The predicted octanol–water partition coefficient (Wildman–Crippen LogP) is 4.51. The summed E-state index contributed by atoms with van der Waals surface area (Å²) in [5.74, 6) is 1.30.